The third-order valence-corrected chi connectivity index (χ3v) is 5.28. The molecule has 2 rings (SSSR count). The first-order valence-electron chi connectivity index (χ1n) is 6.94. The summed E-state index contributed by atoms with van der Waals surface area (Å²) in [6.45, 7) is 3.53. The lowest BCUT2D eigenvalue weighted by atomic mass is 10.2. The van der Waals surface area contributed by atoms with E-state index in [2.05, 4.69) is 9.62 Å². The van der Waals surface area contributed by atoms with Gasteiger partial charge in [-0.05, 0) is 57.1 Å². The predicted molar refractivity (Wildman–Crippen MR) is 81.6 cm³/mol. The first-order valence-corrected chi connectivity index (χ1v) is 8.81. The van der Waals surface area contributed by atoms with Crippen LogP contribution < -0.4 is 4.72 Å². The summed E-state index contributed by atoms with van der Waals surface area (Å²) in [7, 11) is -3.57. The molecule has 7 heteroatoms. The van der Waals surface area contributed by atoms with Crippen LogP contribution in [0.1, 0.15) is 24.8 Å². The van der Waals surface area contributed by atoms with Crippen molar-refractivity contribution in [3.63, 3.8) is 0 Å². The van der Waals surface area contributed by atoms with Gasteiger partial charge in [-0.15, -0.1) is 0 Å². The fourth-order valence-electron chi connectivity index (χ4n) is 2.35. The maximum atomic E-state index is 12.1. The Morgan fingerprint density at radius 1 is 1.33 bits per heavy atom. The predicted octanol–water partition coefficient (Wildman–Crippen LogP) is 1.98. The molecule has 5 nitrogen and oxygen atoms in total. The third-order valence-electron chi connectivity index (χ3n) is 3.51. The summed E-state index contributed by atoms with van der Waals surface area (Å²) < 4.78 is 26.8. The number of sulfonamides is 1. The zero-order chi connectivity index (χ0) is 15.3. The highest BCUT2D eigenvalue weighted by Crippen LogP contribution is 2.20. The maximum absolute atomic E-state index is 12.1. The average molecular weight is 328 g/mol. The lowest BCUT2D eigenvalue weighted by Gasteiger charge is -2.14. The van der Waals surface area contributed by atoms with Crippen LogP contribution in [0.2, 0.25) is 5.02 Å². The molecule has 0 aliphatic carbocycles. The molecular formula is C14H18ClN3O2S. The van der Waals surface area contributed by atoms with E-state index in [1.54, 1.807) is 0 Å². The minimum Gasteiger partial charge on any atom is -0.303 e. The van der Waals surface area contributed by atoms with Crippen molar-refractivity contribution >= 4 is 21.6 Å². The number of hydrogen-bond donors (Lipinski definition) is 1. The van der Waals surface area contributed by atoms with Crippen LogP contribution in [0.4, 0.5) is 0 Å². The van der Waals surface area contributed by atoms with Crippen LogP contribution >= 0.6 is 11.6 Å². The van der Waals surface area contributed by atoms with Crippen LogP contribution in [-0.2, 0) is 10.0 Å². The molecule has 0 bridgehead atoms. The molecule has 21 heavy (non-hydrogen) atoms. The SMILES string of the molecule is N#Cc1ccc(S(=O)(=O)NCCCN2CCCC2)cc1Cl. The van der Waals surface area contributed by atoms with Crippen LogP contribution in [0, 0.1) is 11.3 Å². The molecule has 1 N–H and O–H groups in total. The Morgan fingerprint density at radius 3 is 2.67 bits per heavy atom. The van der Waals surface area contributed by atoms with E-state index in [-0.39, 0.29) is 15.5 Å². The Bertz CT molecular complexity index is 634. The molecule has 1 fully saturated rings. The third kappa shape index (κ3) is 4.42. The number of nitrogens with zero attached hydrogens (tertiary/aromatic N) is 2. The number of likely N-dealkylation sites (tertiary alicyclic amines) is 1. The Balaban J connectivity index is 1.89. The molecule has 1 aliphatic heterocycles. The Labute approximate surface area is 130 Å². The highest BCUT2D eigenvalue weighted by Gasteiger charge is 2.16. The Kier molecular flexibility index (Phi) is 5.59. The Morgan fingerprint density at radius 2 is 2.05 bits per heavy atom. The molecule has 0 aromatic heterocycles. The van der Waals surface area contributed by atoms with Crippen molar-refractivity contribution in [1.82, 2.24) is 9.62 Å². The van der Waals surface area contributed by atoms with Gasteiger partial charge in [0.05, 0.1) is 15.5 Å². The van der Waals surface area contributed by atoms with Gasteiger partial charge in [0, 0.05) is 6.54 Å². The first kappa shape index (κ1) is 16.2. The fourth-order valence-corrected chi connectivity index (χ4v) is 3.74. The van der Waals surface area contributed by atoms with Crippen LogP contribution in [-0.4, -0.2) is 39.5 Å². The number of rotatable bonds is 6. The Hall–Kier alpha value is -1.13. The van der Waals surface area contributed by atoms with Crippen LogP contribution in [0.3, 0.4) is 0 Å². The van der Waals surface area contributed by atoms with Crippen LogP contribution in [0.25, 0.3) is 0 Å². The van der Waals surface area contributed by atoms with Crippen molar-refractivity contribution < 1.29 is 8.42 Å². The summed E-state index contributed by atoms with van der Waals surface area (Å²) in [5.74, 6) is 0. The van der Waals surface area contributed by atoms with Gasteiger partial charge in [0.2, 0.25) is 10.0 Å². The van der Waals surface area contributed by atoms with E-state index in [0.717, 1.165) is 26.1 Å². The van der Waals surface area contributed by atoms with Crippen molar-refractivity contribution in [2.45, 2.75) is 24.2 Å². The topological polar surface area (TPSA) is 73.2 Å². The molecule has 114 valence electrons. The number of nitrogens with one attached hydrogen (secondary N) is 1. The van der Waals surface area contributed by atoms with Gasteiger partial charge in [-0.25, -0.2) is 13.1 Å². The highest BCUT2D eigenvalue weighted by molar-refractivity contribution is 7.89. The largest absolute Gasteiger partial charge is 0.303 e. The van der Waals surface area contributed by atoms with Gasteiger partial charge in [0.15, 0.2) is 0 Å². The number of benzene rings is 1. The zero-order valence-corrected chi connectivity index (χ0v) is 13.3. The second kappa shape index (κ2) is 7.23. The fraction of sp³-hybridized carbons (Fsp3) is 0.500. The van der Waals surface area contributed by atoms with Gasteiger partial charge < -0.3 is 4.90 Å². The van der Waals surface area contributed by atoms with E-state index in [0.29, 0.717) is 6.54 Å². The minimum atomic E-state index is -3.57. The van der Waals surface area contributed by atoms with Crippen molar-refractivity contribution in [2.24, 2.45) is 0 Å². The van der Waals surface area contributed by atoms with Crippen LogP contribution in [0.15, 0.2) is 23.1 Å². The highest BCUT2D eigenvalue weighted by atomic mass is 35.5. The lowest BCUT2D eigenvalue weighted by Crippen LogP contribution is -2.28. The van der Waals surface area contributed by atoms with Crippen molar-refractivity contribution in [3.05, 3.63) is 28.8 Å². The summed E-state index contributed by atoms with van der Waals surface area (Å²) in [6, 6.07) is 6.03. The molecule has 1 aromatic carbocycles. The molecule has 0 unspecified atom stereocenters. The number of nitriles is 1. The van der Waals surface area contributed by atoms with Gasteiger partial charge in [-0.3, -0.25) is 0 Å². The lowest BCUT2D eigenvalue weighted by molar-refractivity contribution is 0.334. The maximum Gasteiger partial charge on any atom is 0.240 e. The van der Waals surface area contributed by atoms with Crippen molar-refractivity contribution in [3.8, 4) is 6.07 Å². The summed E-state index contributed by atoms with van der Waals surface area (Å²) in [5, 5.41) is 8.94. The molecule has 0 saturated carbocycles. The van der Waals surface area contributed by atoms with E-state index in [1.165, 1.54) is 31.0 Å². The number of halogens is 1. The van der Waals surface area contributed by atoms with E-state index in [1.807, 2.05) is 6.07 Å². The smallest absolute Gasteiger partial charge is 0.240 e. The van der Waals surface area contributed by atoms with E-state index >= 15 is 0 Å². The van der Waals surface area contributed by atoms with Crippen LogP contribution in [0.5, 0.6) is 0 Å². The van der Waals surface area contributed by atoms with E-state index in [4.69, 9.17) is 16.9 Å². The number of hydrogen-bond acceptors (Lipinski definition) is 4. The van der Waals surface area contributed by atoms with Gasteiger partial charge >= 0.3 is 0 Å². The quantitative estimate of drug-likeness (QED) is 0.811. The molecule has 1 aromatic rings. The van der Waals surface area contributed by atoms with E-state index in [9.17, 15) is 8.42 Å². The first-order chi connectivity index (χ1) is 10.0. The monoisotopic (exact) mass is 327 g/mol. The second-order valence-corrected chi connectivity index (χ2v) is 7.23. The van der Waals surface area contributed by atoms with Gasteiger partial charge in [0.25, 0.3) is 0 Å². The molecule has 0 spiro atoms. The summed E-state index contributed by atoms with van der Waals surface area (Å²) in [6.07, 6.45) is 3.24. The molecule has 0 amide bonds. The zero-order valence-electron chi connectivity index (χ0n) is 11.7. The molecule has 1 aliphatic rings. The molecule has 1 heterocycles. The summed E-state index contributed by atoms with van der Waals surface area (Å²) in [4.78, 5) is 2.43. The normalized spacial score (nSPS) is 16.0. The van der Waals surface area contributed by atoms with Gasteiger partial charge in [0.1, 0.15) is 6.07 Å². The summed E-state index contributed by atoms with van der Waals surface area (Å²) >= 11 is 5.86. The minimum absolute atomic E-state index is 0.0904. The molecular weight excluding hydrogens is 310 g/mol. The van der Waals surface area contributed by atoms with Gasteiger partial charge in [-0.2, -0.15) is 5.26 Å². The van der Waals surface area contributed by atoms with E-state index < -0.39 is 10.0 Å². The standard InChI is InChI=1S/C14H18ClN3O2S/c15-14-10-13(5-4-12(14)11-16)21(19,20)17-6-3-9-18-7-1-2-8-18/h4-5,10,17H,1-3,6-9H2. The van der Waals surface area contributed by atoms with Crippen molar-refractivity contribution in [2.75, 3.05) is 26.2 Å². The molecule has 1 saturated heterocycles. The molecule has 0 atom stereocenters. The van der Waals surface area contributed by atoms with Crippen molar-refractivity contribution in [1.29, 1.82) is 5.26 Å². The average Bonchev–Trinajstić information content (AvgIpc) is 2.97. The molecule has 0 radical (unpaired) electrons. The summed E-state index contributed by atoms with van der Waals surface area (Å²) in [5.41, 5.74) is 0.268. The second-order valence-electron chi connectivity index (χ2n) is 5.05. The van der Waals surface area contributed by atoms with Gasteiger partial charge in [-0.1, -0.05) is 11.6 Å².